The fraction of sp³-hybridized carbons (Fsp3) is 0.333. The van der Waals surface area contributed by atoms with Gasteiger partial charge in [-0.25, -0.2) is 15.0 Å². The third-order valence-electron chi connectivity index (χ3n) is 4.35. The summed E-state index contributed by atoms with van der Waals surface area (Å²) in [5.41, 5.74) is 2.65. The van der Waals surface area contributed by atoms with Crippen LogP contribution < -0.4 is 9.80 Å². The molecule has 0 unspecified atom stereocenters. The number of hydrogen-bond acceptors (Lipinski definition) is 7. The zero-order valence-electron chi connectivity index (χ0n) is 14.5. The number of aromatic nitrogens is 4. The van der Waals surface area contributed by atoms with Gasteiger partial charge >= 0.3 is 0 Å². The number of hydrogen-bond donors (Lipinski definition) is 0. The van der Waals surface area contributed by atoms with Gasteiger partial charge in [-0.05, 0) is 17.2 Å². The molecule has 4 rings (SSSR count). The van der Waals surface area contributed by atoms with Crippen LogP contribution in [0.1, 0.15) is 5.56 Å². The molecule has 0 bridgehead atoms. The SMILES string of the molecule is CN(Cc1ccccc1)c1ncnc2c(N3CCSCC3)nc(Cl)nc12. The molecule has 3 heterocycles. The Balaban J connectivity index is 1.75. The minimum absolute atomic E-state index is 0.231. The molecule has 1 fully saturated rings. The van der Waals surface area contributed by atoms with Gasteiger partial charge in [0.05, 0.1) is 0 Å². The monoisotopic (exact) mass is 386 g/mol. The second-order valence-corrected chi connectivity index (χ2v) is 7.71. The molecule has 0 aliphatic carbocycles. The molecule has 26 heavy (non-hydrogen) atoms. The Kier molecular flexibility index (Phi) is 5.08. The number of halogens is 1. The first-order valence-electron chi connectivity index (χ1n) is 8.48. The maximum absolute atomic E-state index is 6.25. The second-order valence-electron chi connectivity index (χ2n) is 6.15. The number of anilines is 2. The number of rotatable bonds is 4. The summed E-state index contributed by atoms with van der Waals surface area (Å²) in [5, 5.41) is 0.231. The zero-order chi connectivity index (χ0) is 17.9. The van der Waals surface area contributed by atoms with E-state index in [-0.39, 0.29) is 5.28 Å². The van der Waals surface area contributed by atoms with E-state index in [1.165, 1.54) is 5.56 Å². The smallest absolute Gasteiger partial charge is 0.225 e. The van der Waals surface area contributed by atoms with E-state index in [0.717, 1.165) is 48.3 Å². The van der Waals surface area contributed by atoms with Crippen molar-refractivity contribution >= 4 is 46.0 Å². The van der Waals surface area contributed by atoms with E-state index in [1.807, 2.05) is 37.0 Å². The van der Waals surface area contributed by atoms with Crippen molar-refractivity contribution in [3.63, 3.8) is 0 Å². The number of fused-ring (bicyclic) bond motifs is 1. The Hall–Kier alpha value is -2.12. The van der Waals surface area contributed by atoms with E-state index < -0.39 is 0 Å². The second kappa shape index (κ2) is 7.63. The largest absolute Gasteiger partial charge is 0.353 e. The van der Waals surface area contributed by atoms with E-state index in [1.54, 1.807) is 6.33 Å². The first-order valence-corrected chi connectivity index (χ1v) is 10.0. The molecule has 1 aliphatic heterocycles. The lowest BCUT2D eigenvalue weighted by Gasteiger charge is -2.28. The van der Waals surface area contributed by atoms with Crippen LogP contribution >= 0.6 is 23.4 Å². The lowest BCUT2D eigenvalue weighted by Crippen LogP contribution is -2.33. The molecular formula is C18H19ClN6S. The van der Waals surface area contributed by atoms with Gasteiger partial charge in [0, 0.05) is 38.2 Å². The van der Waals surface area contributed by atoms with Crippen LogP contribution in [-0.2, 0) is 6.54 Å². The van der Waals surface area contributed by atoms with Crippen LogP contribution in [-0.4, -0.2) is 51.6 Å². The van der Waals surface area contributed by atoms with E-state index in [4.69, 9.17) is 11.6 Å². The summed E-state index contributed by atoms with van der Waals surface area (Å²) < 4.78 is 0. The average molecular weight is 387 g/mol. The molecule has 3 aromatic rings. The van der Waals surface area contributed by atoms with Gasteiger partial charge in [0.2, 0.25) is 5.28 Å². The Morgan fingerprint density at radius 3 is 2.62 bits per heavy atom. The number of nitrogens with zero attached hydrogens (tertiary/aromatic N) is 6. The molecular weight excluding hydrogens is 368 g/mol. The summed E-state index contributed by atoms with van der Waals surface area (Å²) in [6, 6.07) is 10.3. The zero-order valence-corrected chi connectivity index (χ0v) is 16.0. The Bertz CT molecular complexity index is 901. The standard InChI is InChI=1S/C18H19ClN6S/c1-24(11-13-5-3-2-4-6-13)16-15-14(20-12-21-16)17(23-18(19)22-15)25-7-9-26-10-8-25/h2-6,12H,7-11H2,1H3. The minimum Gasteiger partial charge on any atom is -0.353 e. The predicted octanol–water partition coefficient (Wildman–Crippen LogP) is 3.26. The topological polar surface area (TPSA) is 58.0 Å². The first-order chi connectivity index (χ1) is 12.7. The lowest BCUT2D eigenvalue weighted by atomic mass is 10.2. The number of thioether (sulfide) groups is 1. The van der Waals surface area contributed by atoms with Gasteiger partial charge in [-0.1, -0.05) is 30.3 Å². The Labute approximate surface area is 161 Å². The van der Waals surface area contributed by atoms with Crippen molar-refractivity contribution in [2.45, 2.75) is 6.54 Å². The number of benzene rings is 1. The molecule has 0 atom stereocenters. The highest BCUT2D eigenvalue weighted by Gasteiger charge is 2.21. The summed E-state index contributed by atoms with van der Waals surface area (Å²) in [5.74, 6) is 3.72. The molecule has 6 nitrogen and oxygen atoms in total. The van der Waals surface area contributed by atoms with Crippen LogP contribution in [0.15, 0.2) is 36.7 Å². The Morgan fingerprint density at radius 2 is 1.85 bits per heavy atom. The van der Waals surface area contributed by atoms with Crippen molar-refractivity contribution in [2.75, 3.05) is 41.4 Å². The maximum atomic E-state index is 6.25. The van der Waals surface area contributed by atoms with Gasteiger partial charge in [-0.2, -0.15) is 16.7 Å². The van der Waals surface area contributed by atoms with Gasteiger partial charge in [0.15, 0.2) is 11.6 Å². The molecule has 0 amide bonds. The fourth-order valence-corrected chi connectivity index (χ4v) is 4.17. The highest BCUT2D eigenvalue weighted by Crippen LogP contribution is 2.30. The van der Waals surface area contributed by atoms with Gasteiger partial charge < -0.3 is 9.80 Å². The molecule has 1 aliphatic rings. The predicted molar refractivity (Wildman–Crippen MR) is 108 cm³/mol. The third-order valence-corrected chi connectivity index (χ3v) is 5.46. The van der Waals surface area contributed by atoms with Crippen molar-refractivity contribution in [2.24, 2.45) is 0 Å². The summed E-state index contributed by atoms with van der Waals surface area (Å²) >= 11 is 8.20. The fourth-order valence-electron chi connectivity index (χ4n) is 3.10. The first kappa shape index (κ1) is 17.3. The van der Waals surface area contributed by atoms with Crippen LogP contribution in [0.5, 0.6) is 0 Å². The van der Waals surface area contributed by atoms with E-state index in [2.05, 4.69) is 41.9 Å². The van der Waals surface area contributed by atoms with Gasteiger partial charge in [0.25, 0.3) is 0 Å². The van der Waals surface area contributed by atoms with Crippen LogP contribution in [0.4, 0.5) is 11.6 Å². The highest BCUT2D eigenvalue weighted by molar-refractivity contribution is 7.99. The summed E-state index contributed by atoms with van der Waals surface area (Å²) in [6.07, 6.45) is 1.58. The summed E-state index contributed by atoms with van der Waals surface area (Å²) in [4.78, 5) is 22.2. The normalized spacial score (nSPS) is 14.6. The van der Waals surface area contributed by atoms with Crippen LogP contribution in [0.25, 0.3) is 11.0 Å². The molecule has 0 N–H and O–H groups in total. The molecule has 1 saturated heterocycles. The molecule has 2 aromatic heterocycles. The van der Waals surface area contributed by atoms with Crippen molar-refractivity contribution in [3.05, 3.63) is 47.5 Å². The van der Waals surface area contributed by atoms with E-state index in [0.29, 0.717) is 5.52 Å². The third kappa shape index (κ3) is 3.54. The molecule has 0 radical (unpaired) electrons. The summed E-state index contributed by atoms with van der Waals surface area (Å²) in [6.45, 7) is 2.60. The molecule has 1 aromatic carbocycles. The lowest BCUT2D eigenvalue weighted by molar-refractivity contribution is 0.838. The van der Waals surface area contributed by atoms with Gasteiger partial charge in [-0.3, -0.25) is 0 Å². The minimum atomic E-state index is 0.231. The molecule has 134 valence electrons. The average Bonchev–Trinajstić information content (AvgIpc) is 2.68. The van der Waals surface area contributed by atoms with Crippen molar-refractivity contribution in [1.82, 2.24) is 19.9 Å². The highest BCUT2D eigenvalue weighted by atomic mass is 35.5. The van der Waals surface area contributed by atoms with E-state index in [9.17, 15) is 0 Å². The van der Waals surface area contributed by atoms with Crippen LogP contribution in [0, 0.1) is 0 Å². The maximum Gasteiger partial charge on any atom is 0.225 e. The van der Waals surface area contributed by atoms with Crippen molar-refractivity contribution in [1.29, 1.82) is 0 Å². The molecule has 8 heteroatoms. The van der Waals surface area contributed by atoms with Gasteiger partial charge in [-0.15, -0.1) is 0 Å². The molecule has 0 spiro atoms. The van der Waals surface area contributed by atoms with E-state index >= 15 is 0 Å². The van der Waals surface area contributed by atoms with Crippen LogP contribution in [0.2, 0.25) is 5.28 Å². The van der Waals surface area contributed by atoms with Crippen molar-refractivity contribution in [3.8, 4) is 0 Å². The quantitative estimate of drug-likeness (QED) is 0.638. The van der Waals surface area contributed by atoms with Crippen molar-refractivity contribution < 1.29 is 0 Å². The van der Waals surface area contributed by atoms with Gasteiger partial charge in [0.1, 0.15) is 17.4 Å². The molecule has 0 saturated carbocycles. The van der Waals surface area contributed by atoms with Crippen LogP contribution in [0.3, 0.4) is 0 Å². The Morgan fingerprint density at radius 1 is 1.08 bits per heavy atom. The summed E-state index contributed by atoms with van der Waals surface area (Å²) in [7, 11) is 2.00.